The summed E-state index contributed by atoms with van der Waals surface area (Å²) in [6.45, 7) is 8.06. The van der Waals surface area contributed by atoms with Gasteiger partial charge in [-0.25, -0.2) is 4.79 Å². The molecule has 3 heterocycles. The van der Waals surface area contributed by atoms with E-state index >= 15 is 0 Å². The quantitative estimate of drug-likeness (QED) is 0.491. The average Bonchev–Trinajstić information content (AvgIpc) is 3.17. The third-order valence-electron chi connectivity index (χ3n) is 7.68. The Hall–Kier alpha value is -2.64. The number of hydrogen-bond donors (Lipinski definition) is 1. The van der Waals surface area contributed by atoms with Crippen LogP contribution in [-0.2, 0) is 6.54 Å². The highest BCUT2D eigenvalue weighted by molar-refractivity contribution is 7.80. The highest BCUT2D eigenvalue weighted by atomic mass is 32.1. The van der Waals surface area contributed by atoms with Crippen LogP contribution in [0.4, 0.5) is 5.69 Å². The molecule has 0 unspecified atom stereocenters. The summed E-state index contributed by atoms with van der Waals surface area (Å²) in [5.41, 5.74) is 4.52. The van der Waals surface area contributed by atoms with Crippen molar-refractivity contribution in [2.24, 2.45) is 0 Å². The summed E-state index contributed by atoms with van der Waals surface area (Å²) in [4.78, 5) is 18.4. The van der Waals surface area contributed by atoms with Gasteiger partial charge in [-0.3, -0.25) is 9.13 Å². The molecule has 7 heteroatoms. The Balaban J connectivity index is 1.26. The highest BCUT2D eigenvalue weighted by Crippen LogP contribution is 2.27. The van der Waals surface area contributed by atoms with Gasteiger partial charge in [0.25, 0.3) is 0 Å². The van der Waals surface area contributed by atoms with E-state index in [4.69, 9.17) is 12.2 Å². The van der Waals surface area contributed by atoms with Gasteiger partial charge in [-0.15, -0.1) is 0 Å². The minimum atomic E-state index is 0.143. The molecule has 3 aromatic rings. The first kappa shape index (κ1) is 24.1. The molecule has 2 aromatic carbocycles. The van der Waals surface area contributed by atoms with Gasteiger partial charge >= 0.3 is 5.69 Å². The molecule has 0 amide bonds. The number of rotatable bonds is 6. The minimum absolute atomic E-state index is 0.143. The molecule has 2 aliphatic rings. The monoisotopic (exact) mass is 491 g/mol. The number of hydrogen-bond acceptors (Lipinski definition) is 3. The number of likely N-dealkylation sites (tertiary alicyclic amines) is 2. The summed E-state index contributed by atoms with van der Waals surface area (Å²) in [5.74, 6) is 0. The number of nitrogens with one attached hydrogen (secondary N) is 1. The Morgan fingerprint density at radius 2 is 1.60 bits per heavy atom. The van der Waals surface area contributed by atoms with E-state index in [1.54, 1.807) is 0 Å². The van der Waals surface area contributed by atoms with Gasteiger partial charge in [0, 0.05) is 31.4 Å². The number of aryl methyl sites for hydroxylation is 2. The van der Waals surface area contributed by atoms with Crippen molar-refractivity contribution in [3.05, 3.63) is 64.6 Å². The van der Waals surface area contributed by atoms with Gasteiger partial charge in [0.05, 0.1) is 11.0 Å². The van der Waals surface area contributed by atoms with Crippen LogP contribution in [0.5, 0.6) is 0 Å². The fourth-order valence-electron chi connectivity index (χ4n) is 5.67. The number of imidazole rings is 1. The van der Waals surface area contributed by atoms with E-state index in [-0.39, 0.29) is 11.7 Å². The second kappa shape index (κ2) is 11.0. The van der Waals surface area contributed by atoms with Crippen molar-refractivity contribution >= 4 is 34.1 Å². The number of fused-ring (bicyclic) bond motifs is 1. The van der Waals surface area contributed by atoms with E-state index in [2.05, 4.69) is 50.9 Å². The Labute approximate surface area is 213 Å². The van der Waals surface area contributed by atoms with Crippen molar-refractivity contribution in [3.8, 4) is 0 Å². The molecule has 2 saturated heterocycles. The number of piperidine rings is 2. The molecule has 0 aliphatic carbocycles. The van der Waals surface area contributed by atoms with E-state index in [0.29, 0.717) is 0 Å². The predicted molar refractivity (Wildman–Crippen MR) is 148 cm³/mol. The lowest BCUT2D eigenvalue weighted by Crippen LogP contribution is -2.42. The summed E-state index contributed by atoms with van der Waals surface area (Å²) in [5, 5.41) is 4.18. The number of aromatic nitrogens is 2. The van der Waals surface area contributed by atoms with Crippen LogP contribution < -0.4 is 11.0 Å². The maximum Gasteiger partial charge on any atom is 0.329 e. The Bertz CT molecular complexity index is 1220. The molecule has 1 aromatic heterocycles. The zero-order chi connectivity index (χ0) is 24.2. The van der Waals surface area contributed by atoms with Gasteiger partial charge in [-0.2, -0.15) is 0 Å². The van der Waals surface area contributed by atoms with E-state index in [1.807, 2.05) is 28.8 Å². The van der Waals surface area contributed by atoms with Crippen molar-refractivity contribution < 1.29 is 0 Å². The summed E-state index contributed by atoms with van der Waals surface area (Å²) in [6.07, 6.45) is 6.82. The van der Waals surface area contributed by atoms with E-state index in [0.717, 1.165) is 67.3 Å². The van der Waals surface area contributed by atoms with Gasteiger partial charge in [-0.1, -0.05) is 36.8 Å². The summed E-state index contributed by atoms with van der Waals surface area (Å²) in [6, 6.07) is 16.7. The fraction of sp³-hybridized carbons (Fsp3) is 0.500. The molecule has 0 spiro atoms. The largest absolute Gasteiger partial charge is 0.349 e. The number of para-hydroxylation sites is 3. The van der Waals surface area contributed by atoms with E-state index < -0.39 is 0 Å². The molecule has 1 N–H and O–H groups in total. The minimum Gasteiger partial charge on any atom is -0.349 e. The lowest BCUT2D eigenvalue weighted by atomic mass is 10.0. The van der Waals surface area contributed by atoms with Gasteiger partial charge in [-0.05, 0) is 94.6 Å². The van der Waals surface area contributed by atoms with Crippen LogP contribution in [-0.4, -0.2) is 56.8 Å². The average molecular weight is 492 g/mol. The van der Waals surface area contributed by atoms with Gasteiger partial charge in [0.15, 0.2) is 5.11 Å². The molecule has 0 radical (unpaired) electrons. The number of benzene rings is 2. The van der Waals surface area contributed by atoms with E-state index in [9.17, 15) is 4.79 Å². The molecule has 2 fully saturated rings. The normalized spacial score (nSPS) is 17.7. The molecular weight excluding hydrogens is 454 g/mol. The van der Waals surface area contributed by atoms with Crippen LogP contribution in [0.1, 0.15) is 50.1 Å². The first-order valence-corrected chi connectivity index (χ1v) is 13.6. The highest BCUT2D eigenvalue weighted by Gasteiger charge is 2.26. The topological polar surface area (TPSA) is 45.4 Å². The third-order valence-corrected chi connectivity index (χ3v) is 8.04. The first-order chi connectivity index (χ1) is 17.1. The lowest BCUT2D eigenvalue weighted by molar-refractivity contribution is 0.222. The van der Waals surface area contributed by atoms with Crippen molar-refractivity contribution in [3.63, 3.8) is 0 Å². The molecule has 0 atom stereocenters. The molecule has 0 saturated carbocycles. The number of anilines is 1. The Kier molecular flexibility index (Phi) is 7.54. The Morgan fingerprint density at radius 1 is 0.914 bits per heavy atom. The summed E-state index contributed by atoms with van der Waals surface area (Å²) >= 11 is 5.72. The second-order valence-corrected chi connectivity index (χ2v) is 10.4. The SMILES string of the molecule is Cc1ccccc1NC(=S)N1CCC(n2c(=O)n(CCCN3CCCCC3)c3ccccc32)CC1. The molecule has 2 aliphatic heterocycles. The molecule has 35 heavy (non-hydrogen) atoms. The fourth-order valence-corrected chi connectivity index (χ4v) is 5.96. The van der Waals surface area contributed by atoms with Gasteiger partial charge in [0.2, 0.25) is 0 Å². The molecular formula is C28H37N5OS. The van der Waals surface area contributed by atoms with Gasteiger partial charge < -0.3 is 15.1 Å². The van der Waals surface area contributed by atoms with Crippen LogP contribution in [0, 0.1) is 6.92 Å². The smallest absolute Gasteiger partial charge is 0.329 e. The number of nitrogens with zero attached hydrogens (tertiary/aromatic N) is 4. The van der Waals surface area contributed by atoms with Crippen LogP contribution in [0.25, 0.3) is 11.0 Å². The maximum absolute atomic E-state index is 13.6. The van der Waals surface area contributed by atoms with Crippen molar-refractivity contribution in [2.75, 3.05) is 38.0 Å². The zero-order valence-electron chi connectivity index (χ0n) is 20.8. The van der Waals surface area contributed by atoms with Crippen LogP contribution >= 0.6 is 12.2 Å². The molecule has 0 bridgehead atoms. The number of thiocarbonyl (C=S) groups is 1. The maximum atomic E-state index is 13.6. The van der Waals surface area contributed by atoms with Crippen LogP contribution in [0.15, 0.2) is 53.3 Å². The standard InChI is InChI=1S/C28H37N5OS/c1-22-10-3-4-11-24(22)29-27(35)31-20-14-23(15-21-31)33-26-13-6-5-12-25(26)32(28(33)34)19-9-18-30-16-7-2-8-17-30/h3-6,10-13,23H,2,7-9,14-21H2,1H3,(H,29,35). The molecule has 5 rings (SSSR count). The molecule has 6 nitrogen and oxygen atoms in total. The first-order valence-electron chi connectivity index (χ1n) is 13.2. The third kappa shape index (κ3) is 5.31. The van der Waals surface area contributed by atoms with Crippen LogP contribution in [0.3, 0.4) is 0 Å². The zero-order valence-corrected chi connectivity index (χ0v) is 21.6. The van der Waals surface area contributed by atoms with Crippen LogP contribution in [0.2, 0.25) is 0 Å². The second-order valence-electron chi connectivity index (χ2n) is 10.0. The van der Waals surface area contributed by atoms with Crippen molar-refractivity contribution in [1.82, 2.24) is 18.9 Å². The van der Waals surface area contributed by atoms with Crippen molar-refractivity contribution in [2.45, 2.75) is 58.0 Å². The molecule has 186 valence electrons. The predicted octanol–water partition coefficient (Wildman–Crippen LogP) is 5.02. The van der Waals surface area contributed by atoms with E-state index in [1.165, 1.54) is 37.9 Å². The lowest BCUT2D eigenvalue weighted by Gasteiger charge is -2.34. The van der Waals surface area contributed by atoms with Crippen molar-refractivity contribution in [1.29, 1.82) is 0 Å². The summed E-state index contributed by atoms with van der Waals surface area (Å²) in [7, 11) is 0. The van der Waals surface area contributed by atoms with Gasteiger partial charge in [0.1, 0.15) is 0 Å². The summed E-state index contributed by atoms with van der Waals surface area (Å²) < 4.78 is 4.07. The Morgan fingerprint density at radius 3 is 2.34 bits per heavy atom.